The lowest BCUT2D eigenvalue weighted by molar-refractivity contribution is -0.137. The highest BCUT2D eigenvalue weighted by Crippen LogP contribution is 2.34. The van der Waals surface area contributed by atoms with Crippen molar-refractivity contribution in [3.63, 3.8) is 0 Å². The van der Waals surface area contributed by atoms with Gasteiger partial charge >= 0.3 is 6.18 Å². The van der Waals surface area contributed by atoms with Crippen LogP contribution in [0.5, 0.6) is 0 Å². The first-order valence-corrected chi connectivity index (χ1v) is 8.79. The Morgan fingerprint density at radius 1 is 1.50 bits per heavy atom. The van der Waals surface area contributed by atoms with Gasteiger partial charge < -0.3 is 20.3 Å². The van der Waals surface area contributed by atoms with Gasteiger partial charge in [0.1, 0.15) is 5.82 Å². The van der Waals surface area contributed by atoms with Gasteiger partial charge in [0.05, 0.1) is 23.8 Å². The van der Waals surface area contributed by atoms with Crippen LogP contribution in [0.25, 0.3) is 0 Å². The van der Waals surface area contributed by atoms with Gasteiger partial charge in [-0.3, -0.25) is 4.79 Å². The number of nitrogens with zero attached hydrogens (tertiary/aromatic N) is 2. The number of amides is 1. The molecule has 1 amide bonds. The molecule has 2 atom stereocenters. The van der Waals surface area contributed by atoms with Gasteiger partial charge in [0.25, 0.3) is 0 Å². The molecule has 144 valence electrons. The van der Waals surface area contributed by atoms with Crippen molar-refractivity contribution in [2.24, 2.45) is 0 Å². The van der Waals surface area contributed by atoms with Gasteiger partial charge in [-0.25, -0.2) is 4.98 Å². The molecule has 2 aliphatic heterocycles. The highest BCUT2D eigenvalue weighted by molar-refractivity contribution is 6.33. The van der Waals surface area contributed by atoms with Crippen LogP contribution < -0.4 is 15.5 Å². The lowest BCUT2D eigenvalue weighted by Gasteiger charge is -2.24. The number of morpholine rings is 1. The van der Waals surface area contributed by atoms with Crippen molar-refractivity contribution in [2.45, 2.75) is 31.1 Å². The molecule has 2 saturated heterocycles. The van der Waals surface area contributed by atoms with Crippen LogP contribution in [0.3, 0.4) is 0 Å². The Morgan fingerprint density at radius 2 is 2.31 bits per heavy atom. The number of hydrogen-bond donors (Lipinski definition) is 2. The zero-order chi connectivity index (χ0) is 18.7. The average molecular weight is 393 g/mol. The largest absolute Gasteiger partial charge is 0.417 e. The number of carbonyl (C=O) groups excluding carboxylic acids is 1. The number of alkyl halides is 3. The normalized spacial score (nSPS) is 23.9. The maximum atomic E-state index is 12.7. The SMILES string of the molecule is O=C(CC1COCCN1)NC1CCN(c2ncc(C(F)(F)F)cc2Cl)C1. The predicted octanol–water partition coefficient (Wildman–Crippen LogP) is 1.83. The van der Waals surface area contributed by atoms with Crippen molar-refractivity contribution < 1.29 is 22.7 Å². The molecule has 1 aromatic heterocycles. The lowest BCUT2D eigenvalue weighted by Crippen LogP contribution is -2.46. The third-order valence-electron chi connectivity index (χ3n) is 4.43. The molecule has 2 N–H and O–H groups in total. The van der Waals surface area contributed by atoms with E-state index in [1.807, 2.05) is 0 Å². The van der Waals surface area contributed by atoms with Crippen LogP contribution >= 0.6 is 11.6 Å². The van der Waals surface area contributed by atoms with E-state index in [2.05, 4.69) is 15.6 Å². The minimum Gasteiger partial charge on any atom is -0.378 e. The standard InChI is InChI=1S/C16H20ClF3N4O2/c17-13-5-10(16(18,19)20)7-22-15(13)24-3-1-11(8-24)23-14(25)6-12-9-26-4-2-21-12/h5,7,11-12,21H,1-4,6,8-9H2,(H,23,25). The van der Waals surface area contributed by atoms with Crippen molar-refractivity contribution in [3.8, 4) is 0 Å². The number of rotatable bonds is 4. The molecule has 1 aromatic rings. The van der Waals surface area contributed by atoms with Gasteiger partial charge in [-0.15, -0.1) is 0 Å². The first-order chi connectivity index (χ1) is 12.3. The quantitative estimate of drug-likeness (QED) is 0.818. The Bertz CT molecular complexity index is 653. The second-order valence-electron chi connectivity index (χ2n) is 6.46. The summed E-state index contributed by atoms with van der Waals surface area (Å²) < 4.78 is 43.4. The smallest absolute Gasteiger partial charge is 0.378 e. The highest BCUT2D eigenvalue weighted by Gasteiger charge is 2.33. The fourth-order valence-electron chi connectivity index (χ4n) is 3.15. The monoisotopic (exact) mass is 392 g/mol. The highest BCUT2D eigenvalue weighted by atomic mass is 35.5. The first kappa shape index (κ1) is 19.2. The molecular formula is C16H20ClF3N4O2. The minimum atomic E-state index is -4.48. The van der Waals surface area contributed by atoms with Crippen LogP contribution in [0.15, 0.2) is 12.3 Å². The molecule has 0 bridgehead atoms. The third kappa shape index (κ3) is 4.77. The van der Waals surface area contributed by atoms with Gasteiger partial charge in [0.15, 0.2) is 0 Å². The maximum Gasteiger partial charge on any atom is 0.417 e. The summed E-state index contributed by atoms with van der Waals surface area (Å²) in [5.41, 5.74) is -0.877. The van der Waals surface area contributed by atoms with E-state index in [0.29, 0.717) is 45.0 Å². The van der Waals surface area contributed by atoms with Crippen LogP contribution in [-0.4, -0.2) is 55.8 Å². The summed E-state index contributed by atoms with van der Waals surface area (Å²) in [4.78, 5) is 17.8. The molecular weight excluding hydrogens is 373 g/mol. The van der Waals surface area contributed by atoms with Crippen molar-refractivity contribution in [1.29, 1.82) is 0 Å². The molecule has 2 unspecified atom stereocenters. The van der Waals surface area contributed by atoms with Gasteiger partial charge in [-0.05, 0) is 12.5 Å². The molecule has 0 radical (unpaired) electrons. The van der Waals surface area contributed by atoms with Crippen molar-refractivity contribution in [1.82, 2.24) is 15.6 Å². The number of pyridine rings is 1. The Balaban J connectivity index is 1.54. The second-order valence-corrected chi connectivity index (χ2v) is 6.86. The Kier molecular flexibility index (Phi) is 5.89. The summed E-state index contributed by atoms with van der Waals surface area (Å²) in [7, 11) is 0. The number of anilines is 1. The molecule has 2 aliphatic rings. The van der Waals surface area contributed by atoms with Gasteiger partial charge in [0.2, 0.25) is 5.91 Å². The molecule has 0 aliphatic carbocycles. The summed E-state index contributed by atoms with van der Waals surface area (Å²) in [6.45, 7) is 2.91. The van der Waals surface area contributed by atoms with E-state index in [4.69, 9.17) is 16.3 Å². The topological polar surface area (TPSA) is 66.5 Å². The Labute approximate surface area is 154 Å². The number of aromatic nitrogens is 1. The summed E-state index contributed by atoms with van der Waals surface area (Å²) in [5.74, 6) is 0.227. The molecule has 0 saturated carbocycles. The van der Waals surface area contributed by atoms with Gasteiger partial charge in [0, 0.05) is 44.3 Å². The Hall–Kier alpha value is -1.58. The van der Waals surface area contributed by atoms with E-state index < -0.39 is 11.7 Å². The molecule has 6 nitrogen and oxygen atoms in total. The number of ether oxygens (including phenoxy) is 1. The van der Waals surface area contributed by atoms with Crippen LogP contribution in [0, 0.1) is 0 Å². The van der Waals surface area contributed by atoms with Crippen molar-refractivity contribution in [2.75, 3.05) is 37.7 Å². The zero-order valence-corrected chi connectivity index (χ0v) is 14.7. The number of hydrogen-bond acceptors (Lipinski definition) is 5. The van der Waals surface area contributed by atoms with E-state index in [-0.39, 0.29) is 23.0 Å². The van der Waals surface area contributed by atoms with Crippen LogP contribution in [-0.2, 0) is 15.7 Å². The number of halogens is 4. The minimum absolute atomic E-state index is 0.00674. The predicted molar refractivity (Wildman–Crippen MR) is 90.2 cm³/mol. The molecule has 3 heterocycles. The van der Waals surface area contributed by atoms with Crippen molar-refractivity contribution in [3.05, 3.63) is 22.8 Å². The molecule has 26 heavy (non-hydrogen) atoms. The average Bonchev–Trinajstić information content (AvgIpc) is 3.02. The Morgan fingerprint density at radius 3 is 2.96 bits per heavy atom. The van der Waals surface area contributed by atoms with E-state index in [1.165, 1.54) is 0 Å². The van der Waals surface area contributed by atoms with Crippen LogP contribution in [0.4, 0.5) is 19.0 Å². The van der Waals surface area contributed by atoms with E-state index >= 15 is 0 Å². The summed E-state index contributed by atoms with van der Waals surface area (Å²) in [5, 5.41) is 6.13. The molecule has 2 fully saturated rings. The van der Waals surface area contributed by atoms with Crippen LogP contribution in [0.2, 0.25) is 5.02 Å². The zero-order valence-electron chi connectivity index (χ0n) is 14.0. The molecule has 10 heteroatoms. The number of nitrogens with one attached hydrogen (secondary N) is 2. The first-order valence-electron chi connectivity index (χ1n) is 8.41. The summed E-state index contributed by atoms with van der Waals surface area (Å²) in [6.07, 6.45) is -2.69. The molecule has 3 rings (SSSR count). The molecule has 0 spiro atoms. The van der Waals surface area contributed by atoms with Crippen LogP contribution in [0.1, 0.15) is 18.4 Å². The summed E-state index contributed by atoms with van der Waals surface area (Å²) in [6, 6.07) is 0.796. The van der Waals surface area contributed by atoms with Gasteiger partial charge in [-0.2, -0.15) is 13.2 Å². The number of carbonyl (C=O) groups is 1. The second kappa shape index (κ2) is 7.98. The van der Waals surface area contributed by atoms with E-state index in [9.17, 15) is 18.0 Å². The molecule has 0 aromatic carbocycles. The van der Waals surface area contributed by atoms with E-state index in [0.717, 1.165) is 18.8 Å². The maximum absolute atomic E-state index is 12.7. The lowest BCUT2D eigenvalue weighted by atomic mass is 10.1. The summed E-state index contributed by atoms with van der Waals surface area (Å²) >= 11 is 5.98. The van der Waals surface area contributed by atoms with Gasteiger partial charge in [-0.1, -0.05) is 11.6 Å². The van der Waals surface area contributed by atoms with Crippen molar-refractivity contribution >= 4 is 23.3 Å². The third-order valence-corrected chi connectivity index (χ3v) is 4.71. The fraction of sp³-hybridized carbons (Fsp3) is 0.625. The van der Waals surface area contributed by atoms with E-state index in [1.54, 1.807) is 4.90 Å². The fourth-order valence-corrected chi connectivity index (χ4v) is 3.44.